The van der Waals surface area contributed by atoms with E-state index < -0.39 is 0 Å². The second kappa shape index (κ2) is 5.49. The van der Waals surface area contributed by atoms with Crippen LogP contribution in [0.2, 0.25) is 0 Å². The summed E-state index contributed by atoms with van der Waals surface area (Å²) in [5.74, 6) is 2.59. The van der Waals surface area contributed by atoms with Crippen molar-refractivity contribution in [2.75, 3.05) is 19.1 Å². The minimum absolute atomic E-state index is 0.786. The van der Waals surface area contributed by atoms with Crippen molar-refractivity contribution in [2.45, 2.75) is 13.5 Å². The van der Waals surface area contributed by atoms with Crippen molar-refractivity contribution >= 4 is 5.82 Å². The Labute approximate surface area is 107 Å². The van der Waals surface area contributed by atoms with Gasteiger partial charge in [0.05, 0.1) is 7.11 Å². The van der Waals surface area contributed by atoms with E-state index in [4.69, 9.17) is 4.74 Å². The molecule has 2 aromatic rings. The van der Waals surface area contributed by atoms with Gasteiger partial charge >= 0.3 is 0 Å². The SMILES string of the molecule is COc1ccc(CN(C)c2ccnc(C)n2)cc1. The summed E-state index contributed by atoms with van der Waals surface area (Å²) in [6.07, 6.45) is 1.78. The highest BCUT2D eigenvalue weighted by molar-refractivity contribution is 5.38. The van der Waals surface area contributed by atoms with Gasteiger partial charge < -0.3 is 9.64 Å². The number of aryl methyl sites for hydroxylation is 1. The highest BCUT2D eigenvalue weighted by Crippen LogP contribution is 2.15. The molecule has 0 aliphatic rings. The number of benzene rings is 1. The first-order valence-electron chi connectivity index (χ1n) is 5.83. The molecule has 4 heteroatoms. The van der Waals surface area contributed by atoms with Crippen molar-refractivity contribution in [3.05, 3.63) is 47.9 Å². The Morgan fingerprint density at radius 2 is 1.89 bits per heavy atom. The zero-order chi connectivity index (χ0) is 13.0. The van der Waals surface area contributed by atoms with Crippen molar-refractivity contribution in [3.8, 4) is 5.75 Å². The highest BCUT2D eigenvalue weighted by atomic mass is 16.5. The molecule has 94 valence electrons. The van der Waals surface area contributed by atoms with E-state index in [2.05, 4.69) is 27.0 Å². The van der Waals surface area contributed by atoms with Crippen LogP contribution in [-0.2, 0) is 6.54 Å². The van der Waals surface area contributed by atoms with E-state index in [1.165, 1.54) is 5.56 Å². The van der Waals surface area contributed by atoms with Gasteiger partial charge in [0.15, 0.2) is 0 Å². The monoisotopic (exact) mass is 243 g/mol. The molecule has 0 amide bonds. The van der Waals surface area contributed by atoms with E-state index in [9.17, 15) is 0 Å². The summed E-state index contributed by atoms with van der Waals surface area (Å²) in [7, 11) is 3.69. The molecule has 1 heterocycles. The molecular weight excluding hydrogens is 226 g/mol. The van der Waals surface area contributed by atoms with Crippen LogP contribution in [0.25, 0.3) is 0 Å². The smallest absolute Gasteiger partial charge is 0.132 e. The molecule has 0 aliphatic carbocycles. The van der Waals surface area contributed by atoms with Crippen LogP contribution in [0.3, 0.4) is 0 Å². The van der Waals surface area contributed by atoms with Crippen LogP contribution in [0, 0.1) is 6.92 Å². The van der Waals surface area contributed by atoms with Crippen molar-refractivity contribution < 1.29 is 4.74 Å². The van der Waals surface area contributed by atoms with Crippen LogP contribution in [0.4, 0.5) is 5.82 Å². The Hall–Kier alpha value is -2.10. The Kier molecular flexibility index (Phi) is 3.77. The lowest BCUT2D eigenvalue weighted by atomic mass is 10.2. The van der Waals surface area contributed by atoms with Gasteiger partial charge in [0.1, 0.15) is 17.4 Å². The van der Waals surface area contributed by atoms with Gasteiger partial charge in [0.2, 0.25) is 0 Å². The summed E-state index contributed by atoms with van der Waals surface area (Å²) in [6, 6.07) is 9.96. The standard InChI is InChI=1S/C14H17N3O/c1-11-15-9-8-14(16-11)17(2)10-12-4-6-13(18-3)7-5-12/h4-9H,10H2,1-3H3. The fourth-order valence-electron chi connectivity index (χ4n) is 1.74. The molecule has 0 radical (unpaired) electrons. The van der Waals surface area contributed by atoms with Crippen molar-refractivity contribution in [1.82, 2.24) is 9.97 Å². The van der Waals surface area contributed by atoms with E-state index in [1.807, 2.05) is 32.2 Å². The molecule has 0 aliphatic heterocycles. The molecule has 0 fully saturated rings. The molecule has 18 heavy (non-hydrogen) atoms. The van der Waals surface area contributed by atoms with E-state index in [0.717, 1.165) is 23.9 Å². The topological polar surface area (TPSA) is 38.2 Å². The summed E-state index contributed by atoms with van der Waals surface area (Å²) in [5.41, 5.74) is 1.22. The predicted molar refractivity (Wildman–Crippen MR) is 71.9 cm³/mol. The molecule has 0 atom stereocenters. The van der Waals surface area contributed by atoms with Crippen molar-refractivity contribution in [1.29, 1.82) is 0 Å². The largest absolute Gasteiger partial charge is 0.497 e. The molecule has 0 bridgehead atoms. The zero-order valence-corrected chi connectivity index (χ0v) is 10.9. The Morgan fingerprint density at radius 1 is 1.17 bits per heavy atom. The maximum Gasteiger partial charge on any atom is 0.132 e. The number of rotatable bonds is 4. The van der Waals surface area contributed by atoms with E-state index >= 15 is 0 Å². The predicted octanol–water partition coefficient (Wildman–Crippen LogP) is 2.43. The van der Waals surface area contributed by atoms with Crippen LogP contribution in [0.1, 0.15) is 11.4 Å². The molecule has 4 nitrogen and oxygen atoms in total. The quantitative estimate of drug-likeness (QED) is 0.826. The number of aromatic nitrogens is 2. The van der Waals surface area contributed by atoms with Gasteiger partial charge in [0, 0.05) is 19.8 Å². The van der Waals surface area contributed by atoms with Gasteiger partial charge in [-0.05, 0) is 30.7 Å². The van der Waals surface area contributed by atoms with Crippen molar-refractivity contribution in [2.24, 2.45) is 0 Å². The van der Waals surface area contributed by atoms with Gasteiger partial charge in [-0.1, -0.05) is 12.1 Å². The fraction of sp³-hybridized carbons (Fsp3) is 0.286. The summed E-state index contributed by atoms with van der Waals surface area (Å²) < 4.78 is 5.14. The van der Waals surface area contributed by atoms with Crippen LogP contribution in [-0.4, -0.2) is 24.1 Å². The Balaban J connectivity index is 2.08. The van der Waals surface area contributed by atoms with Crippen LogP contribution in [0.15, 0.2) is 36.5 Å². The molecule has 0 unspecified atom stereocenters. The lowest BCUT2D eigenvalue weighted by molar-refractivity contribution is 0.414. The first kappa shape index (κ1) is 12.4. The first-order valence-corrected chi connectivity index (χ1v) is 5.83. The molecule has 0 saturated carbocycles. The zero-order valence-electron chi connectivity index (χ0n) is 10.9. The molecule has 1 aromatic carbocycles. The number of ether oxygens (including phenoxy) is 1. The first-order chi connectivity index (χ1) is 8.69. The van der Waals surface area contributed by atoms with Crippen LogP contribution in [0.5, 0.6) is 5.75 Å². The minimum atomic E-state index is 0.786. The second-order valence-electron chi connectivity index (χ2n) is 4.17. The number of hydrogen-bond donors (Lipinski definition) is 0. The van der Waals surface area contributed by atoms with Gasteiger partial charge in [-0.15, -0.1) is 0 Å². The summed E-state index contributed by atoms with van der Waals surface area (Å²) in [5, 5.41) is 0. The van der Waals surface area contributed by atoms with Crippen molar-refractivity contribution in [3.63, 3.8) is 0 Å². The average Bonchev–Trinajstić information content (AvgIpc) is 2.39. The maximum absolute atomic E-state index is 5.14. The third kappa shape index (κ3) is 2.97. The lowest BCUT2D eigenvalue weighted by Gasteiger charge is -2.18. The van der Waals surface area contributed by atoms with E-state index in [0.29, 0.717) is 0 Å². The molecule has 1 aromatic heterocycles. The fourth-order valence-corrected chi connectivity index (χ4v) is 1.74. The minimum Gasteiger partial charge on any atom is -0.497 e. The molecule has 2 rings (SSSR count). The molecular formula is C14H17N3O. The Bertz CT molecular complexity index is 511. The molecule has 0 spiro atoms. The number of nitrogens with zero attached hydrogens (tertiary/aromatic N) is 3. The molecule has 0 N–H and O–H groups in total. The van der Waals surface area contributed by atoms with Gasteiger partial charge in [0.25, 0.3) is 0 Å². The third-order valence-electron chi connectivity index (χ3n) is 2.73. The van der Waals surface area contributed by atoms with Gasteiger partial charge in [-0.25, -0.2) is 9.97 Å². The Morgan fingerprint density at radius 3 is 2.50 bits per heavy atom. The second-order valence-corrected chi connectivity index (χ2v) is 4.17. The van der Waals surface area contributed by atoms with E-state index in [-0.39, 0.29) is 0 Å². The van der Waals surface area contributed by atoms with E-state index in [1.54, 1.807) is 13.3 Å². The third-order valence-corrected chi connectivity index (χ3v) is 2.73. The number of hydrogen-bond acceptors (Lipinski definition) is 4. The summed E-state index contributed by atoms with van der Waals surface area (Å²) in [6.45, 7) is 2.70. The molecule has 0 saturated heterocycles. The highest BCUT2D eigenvalue weighted by Gasteiger charge is 2.04. The van der Waals surface area contributed by atoms with Gasteiger partial charge in [-0.3, -0.25) is 0 Å². The number of methoxy groups -OCH3 is 1. The van der Waals surface area contributed by atoms with Crippen LogP contribution >= 0.6 is 0 Å². The summed E-state index contributed by atoms with van der Waals surface area (Å²) in [4.78, 5) is 10.6. The average molecular weight is 243 g/mol. The van der Waals surface area contributed by atoms with Gasteiger partial charge in [-0.2, -0.15) is 0 Å². The lowest BCUT2D eigenvalue weighted by Crippen LogP contribution is -2.18. The normalized spacial score (nSPS) is 10.2. The van der Waals surface area contributed by atoms with Crippen LogP contribution < -0.4 is 9.64 Å². The maximum atomic E-state index is 5.14. The summed E-state index contributed by atoms with van der Waals surface area (Å²) >= 11 is 0. The number of anilines is 1.